The van der Waals surface area contributed by atoms with Gasteiger partial charge in [-0.2, -0.15) is 0 Å². The molecule has 12 rings (SSSR count). The summed E-state index contributed by atoms with van der Waals surface area (Å²) in [6.45, 7) is 0. The number of fused-ring (bicyclic) bond motifs is 15. The maximum absolute atomic E-state index is 5.50. The largest absolute Gasteiger partial charge is 0.308 e. The van der Waals surface area contributed by atoms with E-state index in [1.807, 2.05) is 0 Å². The number of aromatic nitrogens is 4. The predicted octanol–water partition coefficient (Wildman–Crippen LogP) is 11.9. The molecule has 8 aromatic carbocycles. The van der Waals surface area contributed by atoms with Crippen LogP contribution < -0.4 is 0 Å². The molecule has 4 nitrogen and oxygen atoms in total. The summed E-state index contributed by atoms with van der Waals surface area (Å²) in [5.74, 6) is 0.671. The fourth-order valence-electron chi connectivity index (χ4n) is 8.76. The van der Waals surface area contributed by atoms with Crippen molar-refractivity contribution >= 4 is 92.3 Å². The van der Waals surface area contributed by atoms with Gasteiger partial charge in [-0.1, -0.05) is 127 Å². The molecule has 0 unspecified atom stereocenters. The minimum absolute atomic E-state index is 0.671. The van der Waals surface area contributed by atoms with Crippen molar-refractivity contribution in [2.45, 2.75) is 0 Å². The molecule has 230 valence electrons. The number of rotatable bonds is 2. The highest BCUT2D eigenvalue weighted by atomic mass is 15.2. The molecule has 0 aliphatic carbocycles. The van der Waals surface area contributed by atoms with Gasteiger partial charge in [0.15, 0.2) is 0 Å². The van der Waals surface area contributed by atoms with Crippen LogP contribution in [0.3, 0.4) is 0 Å². The number of hydrogen-bond donors (Lipinski definition) is 0. The van der Waals surface area contributed by atoms with E-state index in [0.29, 0.717) is 5.95 Å². The average molecular weight is 635 g/mol. The second-order valence-corrected chi connectivity index (χ2v) is 13.3. The Balaban J connectivity index is 1.36. The lowest BCUT2D eigenvalue weighted by Gasteiger charge is -2.13. The van der Waals surface area contributed by atoms with Crippen LogP contribution in [0.4, 0.5) is 0 Å². The van der Waals surface area contributed by atoms with Crippen molar-refractivity contribution in [2.75, 3.05) is 0 Å². The predicted molar refractivity (Wildman–Crippen MR) is 209 cm³/mol. The van der Waals surface area contributed by atoms with Gasteiger partial charge in [0.25, 0.3) is 0 Å². The second kappa shape index (κ2) is 9.43. The molecule has 0 aliphatic rings. The second-order valence-electron chi connectivity index (χ2n) is 13.3. The highest BCUT2D eigenvalue weighted by Gasteiger charge is 2.26. The minimum Gasteiger partial charge on any atom is -0.308 e. The minimum atomic E-state index is 0.671. The first-order chi connectivity index (χ1) is 24.8. The summed E-state index contributed by atoms with van der Waals surface area (Å²) in [6.07, 6.45) is 0. The molecule has 0 fully saturated rings. The summed E-state index contributed by atoms with van der Waals surface area (Å²) in [4.78, 5) is 11.0. The van der Waals surface area contributed by atoms with E-state index in [0.717, 1.165) is 44.0 Å². The summed E-state index contributed by atoms with van der Waals surface area (Å²) >= 11 is 0. The van der Waals surface area contributed by atoms with Gasteiger partial charge in [0.1, 0.15) is 0 Å². The maximum Gasteiger partial charge on any atom is 0.235 e. The van der Waals surface area contributed by atoms with Crippen molar-refractivity contribution in [1.29, 1.82) is 0 Å². The molecule has 0 N–H and O–H groups in total. The quantitative estimate of drug-likeness (QED) is 0.177. The Morgan fingerprint density at radius 2 is 1.02 bits per heavy atom. The Morgan fingerprint density at radius 3 is 1.84 bits per heavy atom. The molecular formula is C46H26N4. The third kappa shape index (κ3) is 3.25. The SMILES string of the molecule is c1ccc(-c2nc(-n3c4ccc5ccccc5c4c4c5c6ccccc6n6c7ccccc7c(cc43)c56)nc3c2ccc2ccccc23)cc1. The molecule has 4 heterocycles. The molecule has 0 saturated heterocycles. The lowest BCUT2D eigenvalue weighted by Crippen LogP contribution is -2.04. The van der Waals surface area contributed by atoms with E-state index in [-0.39, 0.29) is 0 Å². The lowest BCUT2D eigenvalue weighted by molar-refractivity contribution is 1.02. The van der Waals surface area contributed by atoms with Crippen LogP contribution >= 0.6 is 0 Å². The summed E-state index contributed by atoms with van der Waals surface area (Å²) in [5.41, 5.74) is 8.88. The summed E-state index contributed by atoms with van der Waals surface area (Å²) < 4.78 is 4.79. The van der Waals surface area contributed by atoms with Crippen LogP contribution in [-0.2, 0) is 0 Å². The van der Waals surface area contributed by atoms with E-state index >= 15 is 0 Å². The molecule has 4 aromatic heterocycles. The van der Waals surface area contributed by atoms with Crippen LogP contribution in [0.15, 0.2) is 158 Å². The Morgan fingerprint density at radius 1 is 0.380 bits per heavy atom. The van der Waals surface area contributed by atoms with Crippen LogP contribution in [0.2, 0.25) is 0 Å². The number of hydrogen-bond acceptors (Lipinski definition) is 2. The topological polar surface area (TPSA) is 35.1 Å². The standard InChI is InChI=1S/C46H26N4/c1-2-14-29(15-3-1)43-34-24-22-28-13-5-7-17-31(28)44(34)48-46(47-43)50-38-25-23-27-12-4-6-16-30(27)40(38)42-39(50)26-35-32-18-8-10-20-36(32)49-37-21-11-9-19-33(37)41(42)45(35)49/h1-26H. The number of benzene rings is 8. The molecule has 0 spiro atoms. The third-order valence-electron chi connectivity index (χ3n) is 10.8. The average Bonchev–Trinajstić information content (AvgIpc) is 3.82. The maximum atomic E-state index is 5.50. The molecule has 0 aliphatic heterocycles. The van der Waals surface area contributed by atoms with E-state index < -0.39 is 0 Å². The zero-order valence-electron chi connectivity index (χ0n) is 26.8. The van der Waals surface area contributed by atoms with Crippen molar-refractivity contribution in [3.05, 3.63) is 158 Å². The van der Waals surface area contributed by atoms with Gasteiger partial charge in [0.2, 0.25) is 5.95 Å². The van der Waals surface area contributed by atoms with Gasteiger partial charge in [0, 0.05) is 48.7 Å². The van der Waals surface area contributed by atoms with Crippen molar-refractivity contribution < 1.29 is 0 Å². The molecule has 0 radical (unpaired) electrons. The van der Waals surface area contributed by atoms with Gasteiger partial charge in [-0.15, -0.1) is 0 Å². The monoisotopic (exact) mass is 634 g/mol. The van der Waals surface area contributed by atoms with E-state index in [1.54, 1.807) is 0 Å². The molecule has 0 amide bonds. The van der Waals surface area contributed by atoms with Gasteiger partial charge in [0.05, 0.1) is 38.8 Å². The van der Waals surface area contributed by atoms with Gasteiger partial charge in [-0.3, -0.25) is 4.57 Å². The first kappa shape index (κ1) is 26.2. The normalized spacial score (nSPS) is 12.4. The van der Waals surface area contributed by atoms with Crippen LogP contribution in [0.25, 0.3) is 110 Å². The Hall–Kier alpha value is -6.78. The Bertz CT molecular complexity index is 3370. The molecule has 0 saturated carbocycles. The van der Waals surface area contributed by atoms with E-state index in [9.17, 15) is 0 Å². The van der Waals surface area contributed by atoms with Gasteiger partial charge in [-0.05, 0) is 46.5 Å². The van der Waals surface area contributed by atoms with Crippen molar-refractivity contribution in [2.24, 2.45) is 0 Å². The van der Waals surface area contributed by atoms with E-state index in [4.69, 9.17) is 9.97 Å². The molecule has 0 bridgehead atoms. The van der Waals surface area contributed by atoms with Crippen LogP contribution in [0.1, 0.15) is 0 Å². The molecule has 12 aromatic rings. The van der Waals surface area contributed by atoms with Crippen molar-refractivity contribution in [3.63, 3.8) is 0 Å². The fourth-order valence-corrected chi connectivity index (χ4v) is 8.76. The lowest BCUT2D eigenvalue weighted by atomic mass is 9.99. The first-order valence-electron chi connectivity index (χ1n) is 17.1. The number of para-hydroxylation sites is 2. The molecule has 0 atom stereocenters. The van der Waals surface area contributed by atoms with Crippen LogP contribution in [-0.4, -0.2) is 18.9 Å². The van der Waals surface area contributed by atoms with Gasteiger partial charge >= 0.3 is 0 Å². The van der Waals surface area contributed by atoms with Gasteiger partial charge in [-0.25, -0.2) is 9.97 Å². The van der Waals surface area contributed by atoms with E-state index in [1.165, 1.54) is 59.6 Å². The highest BCUT2D eigenvalue weighted by molar-refractivity contribution is 6.38. The number of nitrogens with zero attached hydrogens (tertiary/aromatic N) is 4. The smallest absolute Gasteiger partial charge is 0.235 e. The zero-order valence-corrected chi connectivity index (χ0v) is 26.8. The highest BCUT2D eigenvalue weighted by Crippen LogP contribution is 2.48. The molecule has 50 heavy (non-hydrogen) atoms. The van der Waals surface area contributed by atoms with Crippen molar-refractivity contribution in [3.8, 4) is 17.2 Å². The zero-order chi connectivity index (χ0) is 32.5. The Kier molecular flexibility index (Phi) is 4.94. The van der Waals surface area contributed by atoms with Crippen molar-refractivity contribution in [1.82, 2.24) is 18.9 Å². The third-order valence-corrected chi connectivity index (χ3v) is 10.8. The molecule has 4 heteroatoms. The summed E-state index contributed by atoms with van der Waals surface area (Å²) in [6, 6.07) is 56.7. The van der Waals surface area contributed by atoms with E-state index in [2.05, 4.69) is 167 Å². The summed E-state index contributed by atoms with van der Waals surface area (Å²) in [5, 5.41) is 13.3. The first-order valence-corrected chi connectivity index (χ1v) is 17.1. The van der Waals surface area contributed by atoms with Crippen LogP contribution in [0, 0.1) is 0 Å². The fraction of sp³-hybridized carbons (Fsp3) is 0. The van der Waals surface area contributed by atoms with Crippen LogP contribution in [0.5, 0.6) is 0 Å². The van der Waals surface area contributed by atoms with Gasteiger partial charge < -0.3 is 4.40 Å². The molecular weight excluding hydrogens is 609 g/mol. The Labute approximate surface area is 285 Å². The summed E-state index contributed by atoms with van der Waals surface area (Å²) in [7, 11) is 0.